The van der Waals surface area contributed by atoms with E-state index in [9.17, 15) is 15.2 Å². The molecule has 0 atom stereocenters. The summed E-state index contributed by atoms with van der Waals surface area (Å²) in [5.74, 6) is 0. The smallest absolute Gasteiger partial charge is 0.275 e. The molecule has 0 radical (unpaired) electrons. The second kappa shape index (κ2) is 5.35. The van der Waals surface area contributed by atoms with Crippen molar-refractivity contribution in [1.29, 1.82) is 0 Å². The quantitative estimate of drug-likeness (QED) is 0.646. The maximum absolute atomic E-state index is 10.8. The SMILES string of the molecule is CCC(C)(C)N(C)c1ccc([N+](=O)[O-])c(CO)c1. The van der Waals surface area contributed by atoms with E-state index in [4.69, 9.17) is 0 Å². The van der Waals surface area contributed by atoms with Gasteiger partial charge in [-0.25, -0.2) is 0 Å². The van der Waals surface area contributed by atoms with Crippen molar-refractivity contribution in [2.45, 2.75) is 39.3 Å². The van der Waals surface area contributed by atoms with Crippen molar-refractivity contribution in [1.82, 2.24) is 0 Å². The Labute approximate surface area is 107 Å². The van der Waals surface area contributed by atoms with E-state index in [-0.39, 0.29) is 17.8 Å². The van der Waals surface area contributed by atoms with Crippen molar-refractivity contribution in [2.75, 3.05) is 11.9 Å². The molecule has 0 aromatic heterocycles. The summed E-state index contributed by atoms with van der Waals surface area (Å²) in [5, 5.41) is 20.0. The lowest BCUT2D eigenvalue weighted by Gasteiger charge is -2.37. The summed E-state index contributed by atoms with van der Waals surface area (Å²) in [7, 11) is 1.95. The topological polar surface area (TPSA) is 66.6 Å². The maximum Gasteiger partial charge on any atom is 0.275 e. The molecule has 1 aromatic rings. The van der Waals surface area contributed by atoms with Gasteiger partial charge in [-0.15, -0.1) is 0 Å². The van der Waals surface area contributed by atoms with Crippen LogP contribution in [0.4, 0.5) is 11.4 Å². The fourth-order valence-corrected chi connectivity index (χ4v) is 1.67. The van der Waals surface area contributed by atoms with E-state index in [1.165, 1.54) is 6.07 Å². The number of hydrogen-bond donors (Lipinski definition) is 1. The number of nitro benzene ring substituents is 1. The number of rotatable bonds is 5. The highest BCUT2D eigenvalue weighted by Crippen LogP contribution is 2.29. The molecule has 0 amide bonds. The van der Waals surface area contributed by atoms with E-state index in [1.54, 1.807) is 12.1 Å². The normalized spacial score (nSPS) is 11.4. The Balaban J connectivity index is 3.17. The maximum atomic E-state index is 10.8. The fourth-order valence-electron chi connectivity index (χ4n) is 1.67. The van der Waals surface area contributed by atoms with Crippen molar-refractivity contribution in [3.05, 3.63) is 33.9 Å². The average Bonchev–Trinajstić information content (AvgIpc) is 2.36. The molecule has 0 unspecified atom stereocenters. The number of aliphatic hydroxyl groups is 1. The predicted molar refractivity (Wildman–Crippen MR) is 71.8 cm³/mol. The van der Waals surface area contributed by atoms with Crippen LogP contribution in [0.15, 0.2) is 18.2 Å². The molecular formula is C13H20N2O3. The zero-order valence-electron chi connectivity index (χ0n) is 11.3. The van der Waals surface area contributed by atoms with Gasteiger partial charge in [0.15, 0.2) is 0 Å². The van der Waals surface area contributed by atoms with Gasteiger partial charge >= 0.3 is 0 Å². The van der Waals surface area contributed by atoms with Gasteiger partial charge in [0.1, 0.15) is 0 Å². The molecule has 0 aliphatic heterocycles. The number of hydrogen-bond acceptors (Lipinski definition) is 4. The Bertz CT molecular complexity index is 444. The number of benzene rings is 1. The zero-order chi connectivity index (χ0) is 13.9. The van der Waals surface area contributed by atoms with Crippen molar-refractivity contribution >= 4 is 11.4 Å². The molecule has 100 valence electrons. The molecule has 0 saturated heterocycles. The summed E-state index contributed by atoms with van der Waals surface area (Å²) in [6, 6.07) is 4.84. The average molecular weight is 252 g/mol. The summed E-state index contributed by atoms with van der Waals surface area (Å²) in [5.41, 5.74) is 1.14. The second-order valence-corrected chi connectivity index (χ2v) is 4.95. The summed E-state index contributed by atoms with van der Waals surface area (Å²) in [4.78, 5) is 12.4. The van der Waals surface area contributed by atoms with E-state index in [2.05, 4.69) is 25.7 Å². The second-order valence-electron chi connectivity index (χ2n) is 4.95. The molecule has 5 heteroatoms. The molecule has 0 fully saturated rings. The van der Waals surface area contributed by atoms with Crippen molar-refractivity contribution < 1.29 is 10.0 Å². The standard InChI is InChI=1S/C13H20N2O3/c1-5-13(2,3)14(4)11-6-7-12(15(17)18)10(8-11)9-16/h6-8,16H,5,9H2,1-4H3. The van der Waals surface area contributed by atoms with Gasteiger partial charge in [-0.3, -0.25) is 10.1 Å². The minimum atomic E-state index is -0.472. The molecule has 0 saturated carbocycles. The van der Waals surface area contributed by atoms with Crippen LogP contribution in [0.2, 0.25) is 0 Å². The molecule has 1 aromatic carbocycles. The molecule has 18 heavy (non-hydrogen) atoms. The van der Waals surface area contributed by atoms with Crippen LogP contribution >= 0.6 is 0 Å². The van der Waals surface area contributed by atoms with Gasteiger partial charge in [-0.2, -0.15) is 0 Å². The van der Waals surface area contributed by atoms with E-state index in [1.807, 2.05) is 7.05 Å². The fraction of sp³-hybridized carbons (Fsp3) is 0.538. The molecular weight excluding hydrogens is 232 g/mol. The highest BCUT2D eigenvalue weighted by Gasteiger charge is 2.23. The summed E-state index contributed by atoms with van der Waals surface area (Å²) < 4.78 is 0. The van der Waals surface area contributed by atoms with Crippen molar-refractivity contribution in [3.63, 3.8) is 0 Å². The zero-order valence-corrected chi connectivity index (χ0v) is 11.3. The minimum absolute atomic E-state index is 0.0380. The molecule has 1 rings (SSSR count). The van der Waals surface area contributed by atoms with Crippen LogP contribution in [0.5, 0.6) is 0 Å². The monoisotopic (exact) mass is 252 g/mol. The third-order valence-electron chi connectivity index (χ3n) is 3.59. The Morgan fingerprint density at radius 2 is 2.06 bits per heavy atom. The predicted octanol–water partition coefficient (Wildman–Crippen LogP) is 2.71. The van der Waals surface area contributed by atoms with Gasteiger partial charge in [-0.1, -0.05) is 6.92 Å². The van der Waals surface area contributed by atoms with Gasteiger partial charge in [-0.05, 0) is 32.4 Å². The van der Waals surface area contributed by atoms with Crippen LogP contribution in [0, 0.1) is 10.1 Å². The van der Waals surface area contributed by atoms with Crippen molar-refractivity contribution in [3.8, 4) is 0 Å². The van der Waals surface area contributed by atoms with Crippen molar-refractivity contribution in [2.24, 2.45) is 0 Å². The summed E-state index contributed by atoms with van der Waals surface area (Å²) in [6.07, 6.45) is 0.953. The first-order valence-corrected chi connectivity index (χ1v) is 5.95. The largest absolute Gasteiger partial charge is 0.391 e. The number of nitro groups is 1. The lowest BCUT2D eigenvalue weighted by atomic mass is 9.98. The highest BCUT2D eigenvalue weighted by atomic mass is 16.6. The van der Waals surface area contributed by atoms with Gasteiger partial charge in [0.25, 0.3) is 5.69 Å². The number of aliphatic hydroxyl groups excluding tert-OH is 1. The minimum Gasteiger partial charge on any atom is -0.391 e. The third kappa shape index (κ3) is 2.79. The number of nitrogens with zero attached hydrogens (tertiary/aromatic N) is 2. The number of anilines is 1. The molecule has 1 N–H and O–H groups in total. The molecule has 0 bridgehead atoms. The van der Waals surface area contributed by atoms with Gasteiger partial charge in [0.2, 0.25) is 0 Å². The van der Waals surface area contributed by atoms with Gasteiger partial charge < -0.3 is 10.0 Å². The first kappa shape index (κ1) is 14.4. The first-order chi connectivity index (χ1) is 8.33. The summed E-state index contributed by atoms with van der Waals surface area (Å²) >= 11 is 0. The summed E-state index contributed by atoms with van der Waals surface area (Å²) in [6.45, 7) is 5.97. The van der Waals surface area contributed by atoms with Crippen LogP contribution in [0.1, 0.15) is 32.8 Å². The van der Waals surface area contributed by atoms with E-state index in [0.29, 0.717) is 5.56 Å². The van der Waals surface area contributed by atoms with Crippen LogP contribution in [-0.4, -0.2) is 22.6 Å². The Kier molecular flexibility index (Phi) is 4.29. The Hall–Kier alpha value is -1.62. The highest BCUT2D eigenvalue weighted by molar-refractivity contribution is 5.56. The Morgan fingerprint density at radius 1 is 1.44 bits per heavy atom. The van der Waals surface area contributed by atoms with E-state index >= 15 is 0 Å². The van der Waals surface area contributed by atoms with Crippen LogP contribution < -0.4 is 4.90 Å². The molecule has 0 aliphatic carbocycles. The van der Waals surface area contributed by atoms with E-state index < -0.39 is 4.92 Å². The molecule has 5 nitrogen and oxygen atoms in total. The van der Waals surface area contributed by atoms with Gasteiger partial charge in [0.05, 0.1) is 17.1 Å². The Morgan fingerprint density at radius 3 is 2.50 bits per heavy atom. The molecule has 0 spiro atoms. The van der Waals surface area contributed by atoms with Crippen LogP contribution in [0.25, 0.3) is 0 Å². The molecule has 0 heterocycles. The first-order valence-electron chi connectivity index (χ1n) is 5.95. The lowest BCUT2D eigenvalue weighted by molar-refractivity contribution is -0.385. The molecule has 0 aliphatic rings. The lowest BCUT2D eigenvalue weighted by Crippen LogP contribution is -2.40. The van der Waals surface area contributed by atoms with Crippen LogP contribution in [0.3, 0.4) is 0 Å². The third-order valence-corrected chi connectivity index (χ3v) is 3.59. The van der Waals surface area contributed by atoms with E-state index in [0.717, 1.165) is 12.1 Å². The van der Waals surface area contributed by atoms with Crippen LogP contribution in [-0.2, 0) is 6.61 Å². The van der Waals surface area contributed by atoms with Gasteiger partial charge in [0, 0.05) is 24.3 Å².